The molecule has 32 nitrogen and oxygen atoms in total. The van der Waals surface area contributed by atoms with Gasteiger partial charge in [0.1, 0.15) is 85.3 Å². The van der Waals surface area contributed by atoms with Crippen LogP contribution >= 0.6 is 0 Å². The largest absolute Gasteiger partial charge is 0.479 e. The van der Waals surface area contributed by atoms with Crippen molar-refractivity contribution in [3.63, 3.8) is 0 Å². The number of aliphatic carboxylic acids is 2. The fourth-order valence-corrected chi connectivity index (χ4v) is 7.95. The van der Waals surface area contributed by atoms with Crippen molar-refractivity contribution in [2.45, 2.75) is 156 Å². The lowest BCUT2D eigenvalue weighted by Gasteiger charge is -2.49. The van der Waals surface area contributed by atoms with Crippen molar-refractivity contribution in [3.8, 4) is 0 Å². The molecule has 0 aliphatic carbocycles. The second-order valence-electron chi connectivity index (χ2n) is 15.4. The Morgan fingerprint density at radius 1 is 0.537 bits per heavy atom. The van der Waals surface area contributed by atoms with E-state index in [4.69, 9.17) is 43.6 Å². The maximum absolute atomic E-state index is 12.7. The number of nitrogens with two attached hydrogens (primary N) is 1. The van der Waals surface area contributed by atoms with Crippen LogP contribution in [0.3, 0.4) is 0 Å². The van der Waals surface area contributed by atoms with E-state index in [0.717, 1.165) is 13.8 Å². The summed E-state index contributed by atoms with van der Waals surface area (Å²) in [6.07, 6.45) is -38.1. The van der Waals surface area contributed by atoms with E-state index < -0.39 is 180 Å². The van der Waals surface area contributed by atoms with Crippen molar-refractivity contribution in [2.75, 3.05) is 26.4 Å². The normalized spacial score (nSPS) is 39.6. The lowest BCUT2D eigenvalue weighted by molar-refractivity contribution is -0.371. The second-order valence-corrected chi connectivity index (χ2v) is 17.6. The number of carboxylic acids is 2. The number of hydrogen-bond donors (Lipinski definition) is 14. The molecule has 4 fully saturated rings. The predicted octanol–water partition coefficient (Wildman–Crippen LogP) is -8.47. The summed E-state index contributed by atoms with van der Waals surface area (Å²) in [5.41, 5.74) is 5.50. The molecule has 4 saturated heterocycles. The van der Waals surface area contributed by atoms with E-state index in [-0.39, 0.29) is 6.61 Å². The first-order valence-electron chi connectivity index (χ1n) is 20.1. The Morgan fingerprint density at radius 3 is 1.42 bits per heavy atom. The Morgan fingerprint density at radius 2 is 0.970 bits per heavy atom. The van der Waals surface area contributed by atoms with E-state index in [1.807, 2.05) is 0 Å². The highest BCUT2D eigenvalue weighted by molar-refractivity contribution is 7.81. The molecule has 4 heterocycles. The quantitative estimate of drug-likeness (QED) is 0.0354. The number of carbonyl (C=O) groups excluding carboxylic acids is 2. The predicted molar refractivity (Wildman–Crippen MR) is 206 cm³/mol. The molecule has 0 bridgehead atoms. The molecule has 0 aromatic rings. The van der Waals surface area contributed by atoms with Crippen molar-refractivity contribution in [1.29, 1.82) is 0 Å². The zero-order valence-corrected chi connectivity index (χ0v) is 36.8. The average molecular weight is 1020 g/mol. The molecule has 4 rings (SSSR count). The molecule has 0 spiro atoms. The van der Waals surface area contributed by atoms with Crippen LogP contribution in [0.25, 0.3) is 0 Å². The molecule has 388 valence electrons. The van der Waals surface area contributed by atoms with Gasteiger partial charge in [-0.15, -0.1) is 0 Å². The molecule has 0 aromatic heterocycles. The van der Waals surface area contributed by atoms with Gasteiger partial charge in [-0.1, -0.05) is 0 Å². The van der Waals surface area contributed by atoms with Crippen LogP contribution in [-0.4, -0.2) is 245 Å². The number of aliphatic hydroxyl groups is 7. The van der Waals surface area contributed by atoms with Gasteiger partial charge in [-0.3, -0.25) is 18.7 Å². The van der Waals surface area contributed by atoms with Gasteiger partial charge in [-0.25, -0.2) is 18.0 Å². The third kappa shape index (κ3) is 15.2. The van der Waals surface area contributed by atoms with Gasteiger partial charge in [0, 0.05) is 20.5 Å². The van der Waals surface area contributed by atoms with E-state index in [0.29, 0.717) is 25.8 Å². The molecule has 4 aliphatic heterocycles. The first-order chi connectivity index (χ1) is 31.1. The van der Waals surface area contributed by atoms with Gasteiger partial charge in [0.15, 0.2) is 37.4 Å². The summed E-state index contributed by atoms with van der Waals surface area (Å²) in [7, 11) is -10.6. The molecular formula is C33H55N3O29S2. The molecule has 0 unspecified atom stereocenters. The third-order valence-electron chi connectivity index (χ3n) is 10.5. The Labute approximate surface area is 379 Å². The molecule has 34 heteroatoms. The first kappa shape index (κ1) is 56.6. The summed E-state index contributed by atoms with van der Waals surface area (Å²) in [6.45, 7) is -0.260. The van der Waals surface area contributed by atoms with Crippen molar-refractivity contribution in [2.24, 2.45) is 5.73 Å². The molecule has 0 aromatic carbocycles. The van der Waals surface area contributed by atoms with Crippen molar-refractivity contribution < 1.29 is 137 Å². The molecule has 15 N–H and O–H groups in total. The van der Waals surface area contributed by atoms with Gasteiger partial charge in [-0.2, -0.15) is 16.8 Å². The molecular weight excluding hydrogens is 966 g/mol. The van der Waals surface area contributed by atoms with Crippen molar-refractivity contribution in [1.82, 2.24) is 10.6 Å². The zero-order valence-electron chi connectivity index (χ0n) is 35.2. The van der Waals surface area contributed by atoms with E-state index >= 15 is 0 Å². The number of hydrogen-bond acceptors (Lipinski definition) is 26. The van der Waals surface area contributed by atoms with Gasteiger partial charge in [0.05, 0.1) is 13.2 Å². The topological polar surface area (TPSA) is 501 Å². The maximum atomic E-state index is 12.7. The Hall–Kier alpha value is -3.02. The number of ether oxygens (including phenoxy) is 8. The summed E-state index contributed by atoms with van der Waals surface area (Å²) in [5, 5.41) is 101. The molecule has 67 heavy (non-hydrogen) atoms. The Balaban J connectivity index is 1.64. The molecule has 0 radical (unpaired) electrons. The van der Waals surface area contributed by atoms with E-state index in [9.17, 15) is 91.1 Å². The summed E-state index contributed by atoms with van der Waals surface area (Å²) in [6, 6.07) is -3.55. The van der Waals surface area contributed by atoms with Crippen LogP contribution in [0.4, 0.5) is 0 Å². The van der Waals surface area contributed by atoms with Crippen LogP contribution in [0.5, 0.6) is 0 Å². The van der Waals surface area contributed by atoms with Gasteiger partial charge in [0.2, 0.25) is 11.8 Å². The van der Waals surface area contributed by atoms with Gasteiger partial charge in [-0.05, 0) is 25.8 Å². The molecule has 0 saturated carbocycles. The average Bonchev–Trinajstić information content (AvgIpc) is 3.22. The summed E-state index contributed by atoms with van der Waals surface area (Å²) < 4.78 is 118. The number of carbonyl (C=O) groups is 4. The maximum Gasteiger partial charge on any atom is 0.397 e. The highest BCUT2D eigenvalue weighted by Gasteiger charge is 2.57. The van der Waals surface area contributed by atoms with E-state index in [1.165, 1.54) is 0 Å². The number of nitrogens with one attached hydrogen (secondary N) is 2. The number of unbranched alkanes of at least 4 members (excludes halogenated alkanes) is 2. The van der Waals surface area contributed by atoms with E-state index in [2.05, 4.69) is 19.0 Å². The Kier molecular flexibility index (Phi) is 20.4. The number of amides is 2. The van der Waals surface area contributed by atoms with Gasteiger partial charge < -0.3 is 100 Å². The summed E-state index contributed by atoms with van der Waals surface area (Å²) in [5.74, 6) is -5.61. The highest BCUT2D eigenvalue weighted by atomic mass is 32.3. The SMILES string of the molecule is CC(=O)N[C@H]1[C@@H](O[C@H]2[C@H](O)[C@@H](O)[C@H](O[C@H]3[C@H](O)[C@@H](NC(C)=O)[C@@H](OCCCCCN)O[C@@H]3COS(=O)(=O)O)O[C@H]2C(=O)O)O[C@H](COS(=O)(=O)O)[C@@H](O[C@@H]2O[C@@H](C(=O)O)[C@@H](O)[C@H](O)[C@H]2O)[C@@H]1O. The van der Waals surface area contributed by atoms with Crippen molar-refractivity contribution >= 4 is 44.6 Å². The van der Waals surface area contributed by atoms with Crippen LogP contribution in [0, 0.1) is 0 Å². The molecule has 2 amide bonds. The lowest BCUT2D eigenvalue weighted by Crippen LogP contribution is -2.70. The van der Waals surface area contributed by atoms with Crippen LogP contribution in [-0.2, 0) is 86.2 Å². The summed E-state index contributed by atoms with van der Waals surface area (Å²) >= 11 is 0. The molecule has 4 aliphatic rings. The fourth-order valence-electron chi connectivity index (χ4n) is 7.34. The standard InChI is InChI=1S/C33H55N3O29S2/c1-10(37)35-14-16(39)23(12(8-57-66(50,51)52)59-30(14)56-7-5-3-4-6-34)62-33-22(45)20(43)25(27(65-33)29(48)49)63-31-15(36-11(2)38)17(40)24(13(60-31)9-58-67(53,54)55)61-32-21(44)18(41)19(42)26(64-32)28(46)47/h12-27,30-33,39-45H,3-9,34H2,1-2H3,(H,35,37)(H,36,38)(H,46,47)(H,48,49)(H,50,51,52)(H,53,54,55)/t12-,13-,14-,15-,16-,17-,18+,19+,20-,21-,22-,23-,24-,25+,26-,27-,30+,31-,32-,33-/m1/s1. The first-order valence-corrected chi connectivity index (χ1v) is 22.8. The minimum atomic E-state index is -5.37. The third-order valence-corrected chi connectivity index (χ3v) is 11.3. The highest BCUT2D eigenvalue weighted by Crippen LogP contribution is 2.35. The minimum Gasteiger partial charge on any atom is -0.479 e. The number of carboxylic acid groups (broad SMARTS) is 2. The van der Waals surface area contributed by atoms with Gasteiger partial charge in [0.25, 0.3) is 0 Å². The van der Waals surface area contributed by atoms with Crippen LogP contribution in [0.15, 0.2) is 0 Å². The molecule has 20 atom stereocenters. The van der Waals surface area contributed by atoms with Crippen molar-refractivity contribution in [3.05, 3.63) is 0 Å². The summed E-state index contributed by atoms with van der Waals surface area (Å²) in [4.78, 5) is 49.0. The van der Waals surface area contributed by atoms with Crippen LogP contribution in [0.1, 0.15) is 33.1 Å². The smallest absolute Gasteiger partial charge is 0.397 e. The fraction of sp³-hybridized carbons (Fsp3) is 0.879. The van der Waals surface area contributed by atoms with Crippen LogP contribution in [0.2, 0.25) is 0 Å². The monoisotopic (exact) mass is 1020 g/mol. The second kappa shape index (κ2) is 24.2. The lowest BCUT2D eigenvalue weighted by atomic mass is 9.94. The minimum absolute atomic E-state index is 0.0455. The Bertz CT molecular complexity index is 1900. The van der Waals surface area contributed by atoms with Crippen LogP contribution < -0.4 is 16.4 Å². The number of rotatable bonds is 22. The van der Waals surface area contributed by atoms with Gasteiger partial charge >= 0.3 is 32.7 Å². The zero-order chi connectivity index (χ0) is 50.3. The number of aliphatic hydroxyl groups excluding tert-OH is 7. The van der Waals surface area contributed by atoms with E-state index in [1.54, 1.807) is 0 Å².